The lowest BCUT2D eigenvalue weighted by Gasteiger charge is -2.18. The fourth-order valence-corrected chi connectivity index (χ4v) is 2.58. The number of rotatable bonds is 10. The van der Waals surface area contributed by atoms with Crippen molar-refractivity contribution in [2.24, 2.45) is 0 Å². The lowest BCUT2D eigenvalue weighted by molar-refractivity contribution is -0.153. The van der Waals surface area contributed by atoms with Crippen LogP contribution in [0.15, 0.2) is 42.5 Å². The highest BCUT2D eigenvalue weighted by atomic mass is 16.5. The second-order valence-electron chi connectivity index (χ2n) is 6.34. The van der Waals surface area contributed by atoms with E-state index in [9.17, 15) is 9.90 Å². The molecular formula is C21H26O6. The summed E-state index contributed by atoms with van der Waals surface area (Å²) in [4.78, 5) is 11.4. The van der Waals surface area contributed by atoms with E-state index in [1.54, 1.807) is 26.4 Å². The van der Waals surface area contributed by atoms with E-state index in [1.807, 2.05) is 44.2 Å². The normalized spacial score (nSPS) is 11.9. The molecule has 0 aromatic heterocycles. The van der Waals surface area contributed by atoms with Gasteiger partial charge in [0.1, 0.15) is 12.4 Å². The molecule has 6 heteroatoms. The van der Waals surface area contributed by atoms with Crippen LogP contribution in [0.3, 0.4) is 0 Å². The molecule has 146 valence electrons. The van der Waals surface area contributed by atoms with Gasteiger partial charge in [0.15, 0.2) is 17.6 Å². The predicted octanol–water partition coefficient (Wildman–Crippen LogP) is 3.70. The Balaban J connectivity index is 2.12. The SMILES string of the molecule is COc1ccc(COc2cc(CC(OC(C)C)C(=O)O)ccc2OC)cc1. The van der Waals surface area contributed by atoms with Gasteiger partial charge in [-0.2, -0.15) is 0 Å². The van der Waals surface area contributed by atoms with Crippen molar-refractivity contribution in [3.05, 3.63) is 53.6 Å². The minimum absolute atomic E-state index is 0.171. The van der Waals surface area contributed by atoms with Crippen LogP contribution in [0.5, 0.6) is 17.2 Å². The van der Waals surface area contributed by atoms with Crippen LogP contribution in [0.4, 0.5) is 0 Å². The number of aliphatic carboxylic acids is 1. The molecule has 0 bridgehead atoms. The predicted molar refractivity (Wildman–Crippen MR) is 102 cm³/mol. The van der Waals surface area contributed by atoms with Crippen LogP contribution < -0.4 is 14.2 Å². The quantitative estimate of drug-likeness (QED) is 0.683. The molecule has 0 saturated carbocycles. The maximum absolute atomic E-state index is 11.4. The highest BCUT2D eigenvalue weighted by Gasteiger charge is 2.21. The smallest absolute Gasteiger partial charge is 0.333 e. The Bertz CT molecular complexity index is 739. The van der Waals surface area contributed by atoms with E-state index < -0.39 is 12.1 Å². The second-order valence-corrected chi connectivity index (χ2v) is 6.34. The average Bonchev–Trinajstić information content (AvgIpc) is 2.66. The van der Waals surface area contributed by atoms with Crippen molar-refractivity contribution in [3.63, 3.8) is 0 Å². The van der Waals surface area contributed by atoms with E-state index in [4.69, 9.17) is 18.9 Å². The van der Waals surface area contributed by atoms with Gasteiger partial charge in [0, 0.05) is 6.42 Å². The van der Waals surface area contributed by atoms with Crippen molar-refractivity contribution in [1.29, 1.82) is 0 Å². The second kappa shape index (κ2) is 9.83. The molecule has 0 radical (unpaired) electrons. The van der Waals surface area contributed by atoms with Crippen molar-refractivity contribution in [2.45, 2.75) is 39.1 Å². The molecule has 0 heterocycles. The number of hydrogen-bond acceptors (Lipinski definition) is 5. The minimum Gasteiger partial charge on any atom is -0.497 e. The van der Waals surface area contributed by atoms with Crippen LogP contribution in [0, 0.1) is 0 Å². The molecule has 0 aliphatic carbocycles. The van der Waals surface area contributed by atoms with E-state index in [1.165, 1.54) is 0 Å². The molecule has 0 amide bonds. The summed E-state index contributed by atoms with van der Waals surface area (Å²) >= 11 is 0. The van der Waals surface area contributed by atoms with E-state index in [-0.39, 0.29) is 12.5 Å². The summed E-state index contributed by atoms with van der Waals surface area (Å²) in [6.07, 6.45) is -0.834. The number of carboxylic acids is 1. The molecule has 27 heavy (non-hydrogen) atoms. The first-order chi connectivity index (χ1) is 12.9. The fourth-order valence-electron chi connectivity index (χ4n) is 2.58. The van der Waals surface area contributed by atoms with Gasteiger partial charge in [-0.15, -0.1) is 0 Å². The summed E-state index contributed by atoms with van der Waals surface area (Å²) in [5.74, 6) is 0.937. The van der Waals surface area contributed by atoms with Gasteiger partial charge in [0.25, 0.3) is 0 Å². The van der Waals surface area contributed by atoms with Crippen molar-refractivity contribution < 1.29 is 28.8 Å². The van der Waals surface area contributed by atoms with E-state index >= 15 is 0 Å². The van der Waals surface area contributed by atoms with Crippen LogP contribution in [-0.2, 0) is 22.6 Å². The van der Waals surface area contributed by atoms with Crippen LogP contribution in [-0.4, -0.2) is 37.5 Å². The molecule has 2 aromatic carbocycles. The molecule has 6 nitrogen and oxygen atoms in total. The van der Waals surface area contributed by atoms with Crippen LogP contribution in [0.2, 0.25) is 0 Å². The topological polar surface area (TPSA) is 74.2 Å². The molecule has 2 aromatic rings. The Morgan fingerprint density at radius 1 is 0.963 bits per heavy atom. The zero-order valence-electron chi connectivity index (χ0n) is 16.1. The van der Waals surface area contributed by atoms with E-state index in [2.05, 4.69) is 0 Å². The molecule has 0 saturated heterocycles. The molecule has 0 fully saturated rings. The lowest BCUT2D eigenvalue weighted by Crippen LogP contribution is -2.29. The molecular weight excluding hydrogens is 348 g/mol. The third kappa shape index (κ3) is 6.18. The highest BCUT2D eigenvalue weighted by molar-refractivity contribution is 5.72. The van der Waals surface area contributed by atoms with E-state index in [0.29, 0.717) is 18.1 Å². The molecule has 0 aliphatic rings. The summed E-state index contributed by atoms with van der Waals surface area (Å²) in [6, 6.07) is 13.0. The van der Waals surface area contributed by atoms with Crippen molar-refractivity contribution in [2.75, 3.05) is 14.2 Å². The summed E-state index contributed by atoms with van der Waals surface area (Å²) in [5, 5.41) is 9.36. The van der Waals surface area contributed by atoms with Crippen molar-refractivity contribution >= 4 is 5.97 Å². The number of carboxylic acid groups (broad SMARTS) is 1. The van der Waals surface area contributed by atoms with Gasteiger partial charge in [-0.05, 0) is 49.2 Å². The van der Waals surface area contributed by atoms with Gasteiger partial charge in [0.05, 0.1) is 20.3 Å². The van der Waals surface area contributed by atoms with Crippen LogP contribution in [0.25, 0.3) is 0 Å². The molecule has 1 unspecified atom stereocenters. The zero-order chi connectivity index (χ0) is 19.8. The monoisotopic (exact) mass is 374 g/mol. The van der Waals surface area contributed by atoms with Crippen LogP contribution in [0.1, 0.15) is 25.0 Å². The third-order valence-corrected chi connectivity index (χ3v) is 3.91. The fraction of sp³-hybridized carbons (Fsp3) is 0.381. The van der Waals surface area contributed by atoms with Crippen molar-refractivity contribution in [1.82, 2.24) is 0 Å². The largest absolute Gasteiger partial charge is 0.497 e. The van der Waals surface area contributed by atoms with Gasteiger partial charge in [-0.1, -0.05) is 18.2 Å². The molecule has 2 rings (SSSR count). The summed E-state index contributed by atoms with van der Waals surface area (Å²) in [7, 11) is 3.19. The molecule has 0 spiro atoms. The lowest BCUT2D eigenvalue weighted by atomic mass is 10.1. The Hall–Kier alpha value is -2.73. The standard InChI is InChI=1S/C21H26O6/c1-14(2)27-20(21(22)23)12-16-7-10-18(25-4)19(11-16)26-13-15-5-8-17(24-3)9-6-15/h5-11,14,20H,12-13H2,1-4H3,(H,22,23). The van der Waals surface area contributed by atoms with Gasteiger partial charge in [-0.25, -0.2) is 4.79 Å². The number of hydrogen-bond donors (Lipinski definition) is 1. The number of benzene rings is 2. The van der Waals surface area contributed by atoms with E-state index in [0.717, 1.165) is 16.9 Å². The maximum atomic E-state index is 11.4. The Labute approximate surface area is 159 Å². The first-order valence-corrected chi connectivity index (χ1v) is 8.73. The average molecular weight is 374 g/mol. The number of methoxy groups -OCH3 is 2. The minimum atomic E-state index is -0.986. The summed E-state index contributed by atoms with van der Waals surface area (Å²) < 4.78 is 21.9. The summed E-state index contributed by atoms with van der Waals surface area (Å²) in [6.45, 7) is 3.98. The molecule has 1 N–H and O–H groups in total. The number of carbonyl (C=O) groups is 1. The first-order valence-electron chi connectivity index (χ1n) is 8.73. The van der Waals surface area contributed by atoms with Gasteiger partial charge < -0.3 is 24.1 Å². The van der Waals surface area contributed by atoms with Gasteiger partial charge >= 0.3 is 5.97 Å². The molecule has 1 atom stereocenters. The Morgan fingerprint density at radius 2 is 1.63 bits per heavy atom. The maximum Gasteiger partial charge on any atom is 0.333 e. The van der Waals surface area contributed by atoms with Crippen molar-refractivity contribution in [3.8, 4) is 17.2 Å². The van der Waals surface area contributed by atoms with Gasteiger partial charge in [-0.3, -0.25) is 0 Å². The third-order valence-electron chi connectivity index (χ3n) is 3.91. The van der Waals surface area contributed by atoms with Crippen LogP contribution >= 0.6 is 0 Å². The first kappa shape index (κ1) is 20.6. The highest BCUT2D eigenvalue weighted by Crippen LogP contribution is 2.30. The Morgan fingerprint density at radius 3 is 2.19 bits per heavy atom. The molecule has 0 aliphatic heterocycles. The zero-order valence-corrected chi connectivity index (χ0v) is 16.1. The Kier molecular flexibility index (Phi) is 7.49. The number of ether oxygens (including phenoxy) is 4. The van der Waals surface area contributed by atoms with Gasteiger partial charge in [0.2, 0.25) is 0 Å². The summed E-state index contributed by atoms with van der Waals surface area (Å²) in [5.41, 5.74) is 1.78.